The average molecular weight is 302 g/mol. The van der Waals surface area contributed by atoms with Crippen molar-refractivity contribution < 1.29 is 19.5 Å². The number of likely N-dealkylation sites (tertiary alicyclic amines) is 1. The van der Waals surface area contributed by atoms with Crippen molar-refractivity contribution in [3.8, 4) is 0 Å². The summed E-state index contributed by atoms with van der Waals surface area (Å²) < 4.78 is 0. The Balaban J connectivity index is 1.73. The van der Waals surface area contributed by atoms with E-state index in [1.165, 1.54) is 0 Å². The van der Waals surface area contributed by atoms with E-state index in [2.05, 4.69) is 5.32 Å². The normalized spacial score (nSPS) is 18.8. The van der Waals surface area contributed by atoms with E-state index in [4.69, 9.17) is 5.11 Å². The molecule has 1 heterocycles. The number of aliphatic carboxylic acids is 1. The Morgan fingerprint density at radius 3 is 2.41 bits per heavy atom. The van der Waals surface area contributed by atoms with E-state index in [-0.39, 0.29) is 5.91 Å². The fraction of sp³-hybridized carbons (Fsp3) is 0.438. The molecule has 0 spiro atoms. The summed E-state index contributed by atoms with van der Waals surface area (Å²) in [5, 5.41) is 11.7. The summed E-state index contributed by atoms with van der Waals surface area (Å²) in [4.78, 5) is 37.3. The first kappa shape index (κ1) is 14.6. The molecule has 1 aromatic carbocycles. The van der Waals surface area contributed by atoms with Crippen molar-refractivity contribution in [2.24, 2.45) is 5.41 Å². The summed E-state index contributed by atoms with van der Waals surface area (Å²) in [5.41, 5.74) is -0.308. The van der Waals surface area contributed by atoms with Gasteiger partial charge in [0.05, 0.1) is 0 Å². The number of carboxylic acid groups (broad SMARTS) is 1. The molecular formula is C16H18N2O4. The highest BCUT2D eigenvalue weighted by molar-refractivity contribution is 6.11. The Kier molecular flexibility index (Phi) is 3.60. The molecule has 1 aromatic rings. The van der Waals surface area contributed by atoms with Gasteiger partial charge < -0.3 is 15.3 Å². The molecule has 116 valence electrons. The van der Waals surface area contributed by atoms with Crippen LogP contribution in [-0.2, 0) is 9.59 Å². The monoisotopic (exact) mass is 302 g/mol. The largest absolute Gasteiger partial charge is 0.480 e. The number of hydrogen-bond acceptors (Lipinski definition) is 3. The predicted molar refractivity (Wildman–Crippen MR) is 79.5 cm³/mol. The maximum Gasteiger partial charge on any atom is 0.319 e. The Morgan fingerprint density at radius 1 is 1.14 bits per heavy atom. The van der Waals surface area contributed by atoms with E-state index >= 15 is 0 Å². The number of benzene rings is 1. The maximum absolute atomic E-state index is 12.3. The Morgan fingerprint density at radius 2 is 1.82 bits per heavy atom. The lowest BCUT2D eigenvalue weighted by Crippen LogP contribution is -2.31. The molecule has 1 saturated heterocycles. The lowest BCUT2D eigenvalue weighted by Gasteiger charge is -2.16. The summed E-state index contributed by atoms with van der Waals surface area (Å²) in [6.45, 7) is 1.52. The third-order valence-corrected chi connectivity index (χ3v) is 4.35. The zero-order chi connectivity index (χ0) is 15.7. The van der Waals surface area contributed by atoms with Crippen LogP contribution in [0.2, 0.25) is 0 Å². The van der Waals surface area contributed by atoms with Gasteiger partial charge in [0.15, 0.2) is 0 Å². The van der Waals surface area contributed by atoms with Gasteiger partial charge in [-0.25, -0.2) is 0 Å². The van der Waals surface area contributed by atoms with Crippen LogP contribution in [0.1, 0.15) is 36.0 Å². The summed E-state index contributed by atoms with van der Waals surface area (Å²) in [6, 6.07) is 6.67. The highest BCUT2D eigenvalue weighted by Crippen LogP contribution is 2.46. The van der Waals surface area contributed by atoms with Crippen molar-refractivity contribution in [3.63, 3.8) is 0 Å². The van der Waals surface area contributed by atoms with Crippen LogP contribution in [0.4, 0.5) is 5.69 Å². The molecular weight excluding hydrogens is 284 g/mol. The summed E-state index contributed by atoms with van der Waals surface area (Å²) in [6.07, 6.45) is 2.76. The SMILES string of the molecule is O=C(c1cccc(NC(=O)C2(C(=O)O)CC2)c1)N1CCCC1. The van der Waals surface area contributed by atoms with Gasteiger partial charge in [-0.3, -0.25) is 14.4 Å². The van der Waals surface area contributed by atoms with Crippen molar-refractivity contribution in [3.05, 3.63) is 29.8 Å². The van der Waals surface area contributed by atoms with Crippen molar-refractivity contribution in [2.75, 3.05) is 18.4 Å². The predicted octanol–water partition coefficient (Wildman–Crippen LogP) is 1.73. The molecule has 0 radical (unpaired) electrons. The van der Waals surface area contributed by atoms with Gasteiger partial charge in [0, 0.05) is 24.3 Å². The van der Waals surface area contributed by atoms with Gasteiger partial charge in [-0.1, -0.05) is 6.07 Å². The van der Waals surface area contributed by atoms with Crippen LogP contribution < -0.4 is 5.32 Å². The smallest absolute Gasteiger partial charge is 0.319 e. The van der Waals surface area contributed by atoms with Crippen LogP contribution in [0.15, 0.2) is 24.3 Å². The fourth-order valence-corrected chi connectivity index (χ4v) is 2.75. The molecule has 6 nitrogen and oxygen atoms in total. The molecule has 0 aromatic heterocycles. The van der Waals surface area contributed by atoms with Crippen LogP contribution >= 0.6 is 0 Å². The first-order valence-electron chi connectivity index (χ1n) is 7.47. The number of amides is 2. The molecule has 6 heteroatoms. The molecule has 0 bridgehead atoms. The molecule has 2 aliphatic rings. The summed E-state index contributed by atoms with van der Waals surface area (Å²) in [7, 11) is 0. The third-order valence-electron chi connectivity index (χ3n) is 4.35. The topological polar surface area (TPSA) is 86.7 Å². The zero-order valence-corrected chi connectivity index (χ0v) is 12.2. The molecule has 2 amide bonds. The number of carbonyl (C=O) groups excluding carboxylic acids is 2. The van der Waals surface area contributed by atoms with Crippen LogP contribution in [0, 0.1) is 5.41 Å². The van der Waals surface area contributed by atoms with Crippen LogP contribution in [-0.4, -0.2) is 40.9 Å². The second-order valence-corrected chi connectivity index (χ2v) is 5.92. The molecule has 0 atom stereocenters. The quantitative estimate of drug-likeness (QED) is 0.829. The minimum atomic E-state index is -1.28. The van der Waals surface area contributed by atoms with Crippen LogP contribution in [0.3, 0.4) is 0 Å². The van der Waals surface area contributed by atoms with Crippen molar-refractivity contribution >= 4 is 23.5 Å². The average Bonchev–Trinajstić information content (AvgIpc) is 3.16. The molecule has 2 fully saturated rings. The van der Waals surface area contributed by atoms with Crippen molar-refractivity contribution in [2.45, 2.75) is 25.7 Å². The van der Waals surface area contributed by atoms with Gasteiger partial charge in [0.1, 0.15) is 5.41 Å². The molecule has 1 aliphatic heterocycles. The first-order valence-corrected chi connectivity index (χ1v) is 7.47. The van der Waals surface area contributed by atoms with E-state index in [0.717, 1.165) is 25.9 Å². The number of carbonyl (C=O) groups is 3. The zero-order valence-electron chi connectivity index (χ0n) is 12.2. The summed E-state index contributed by atoms with van der Waals surface area (Å²) >= 11 is 0. The number of carboxylic acids is 1. The molecule has 22 heavy (non-hydrogen) atoms. The van der Waals surface area contributed by atoms with Crippen molar-refractivity contribution in [1.29, 1.82) is 0 Å². The Bertz CT molecular complexity index is 631. The lowest BCUT2D eigenvalue weighted by molar-refractivity contribution is -0.147. The third kappa shape index (κ3) is 2.56. The van der Waals surface area contributed by atoms with E-state index < -0.39 is 17.3 Å². The maximum atomic E-state index is 12.3. The second kappa shape index (κ2) is 5.44. The second-order valence-electron chi connectivity index (χ2n) is 5.92. The van der Waals surface area contributed by atoms with E-state index in [9.17, 15) is 14.4 Å². The van der Waals surface area contributed by atoms with Gasteiger partial charge in [0.2, 0.25) is 5.91 Å². The molecule has 1 aliphatic carbocycles. The van der Waals surface area contributed by atoms with E-state index in [1.807, 2.05) is 0 Å². The minimum Gasteiger partial charge on any atom is -0.480 e. The minimum absolute atomic E-state index is 0.0482. The van der Waals surface area contributed by atoms with Gasteiger partial charge in [-0.2, -0.15) is 0 Å². The lowest BCUT2D eigenvalue weighted by atomic mass is 10.1. The van der Waals surface area contributed by atoms with E-state index in [0.29, 0.717) is 24.1 Å². The van der Waals surface area contributed by atoms with E-state index in [1.54, 1.807) is 29.2 Å². The van der Waals surface area contributed by atoms with Gasteiger partial charge >= 0.3 is 5.97 Å². The van der Waals surface area contributed by atoms with Gasteiger partial charge in [-0.15, -0.1) is 0 Å². The number of rotatable bonds is 4. The summed E-state index contributed by atoms with van der Waals surface area (Å²) in [5.74, 6) is -1.65. The fourth-order valence-electron chi connectivity index (χ4n) is 2.75. The molecule has 3 rings (SSSR count). The number of hydrogen-bond donors (Lipinski definition) is 2. The van der Waals surface area contributed by atoms with Crippen molar-refractivity contribution in [1.82, 2.24) is 4.90 Å². The number of nitrogens with zero attached hydrogens (tertiary/aromatic N) is 1. The number of anilines is 1. The molecule has 0 unspecified atom stereocenters. The standard InChI is InChI=1S/C16H18N2O4/c19-13(18-8-1-2-9-18)11-4-3-5-12(10-11)17-14(20)16(6-7-16)15(21)22/h3-5,10H,1-2,6-9H2,(H,17,20)(H,21,22). The highest BCUT2D eigenvalue weighted by atomic mass is 16.4. The van der Waals surface area contributed by atoms with Crippen LogP contribution in [0.25, 0.3) is 0 Å². The van der Waals surface area contributed by atoms with Gasteiger partial charge in [0.25, 0.3) is 5.91 Å². The van der Waals surface area contributed by atoms with Gasteiger partial charge in [-0.05, 0) is 43.9 Å². The Labute approximate surface area is 128 Å². The van der Waals surface area contributed by atoms with Crippen LogP contribution in [0.5, 0.6) is 0 Å². The molecule has 1 saturated carbocycles. The molecule has 2 N–H and O–H groups in total. The first-order chi connectivity index (χ1) is 10.5. The number of nitrogens with one attached hydrogen (secondary N) is 1. The highest BCUT2D eigenvalue weighted by Gasteiger charge is 2.57. The Hall–Kier alpha value is -2.37.